The Balaban J connectivity index is 1.96. The SMILES string of the molecule is CCC(NC1CCS(=O)CC1)c1ccc(Cl)cc1. The lowest BCUT2D eigenvalue weighted by Crippen LogP contribution is -2.37. The maximum Gasteiger partial charge on any atom is 0.0406 e. The van der Waals surface area contributed by atoms with Crippen LogP contribution < -0.4 is 5.32 Å². The van der Waals surface area contributed by atoms with E-state index in [1.807, 2.05) is 12.1 Å². The number of rotatable bonds is 4. The summed E-state index contributed by atoms with van der Waals surface area (Å²) in [4.78, 5) is 0. The highest BCUT2D eigenvalue weighted by Gasteiger charge is 2.20. The van der Waals surface area contributed by atoms with Gasteiger partial charge in [0.2, 0.25) is 0 Å². The molecule has 1 unspecified atom stereocenters. The third-order valence-corrected chi connectivity index (χ3v) is 5.14. The van der Waals surface area contributed by atoms with E-state index in [-0.39, 0.29) is 0 Å². The molecule has 18 heavy (non-hydrogen) atoms. The van der Waals surface area contributed by atoms with Crippen LogP contribution in [0.3, 0.4) is 0 Å². The predicted octanol–water partition coefficient (Wildman–Crippen LogP) is 3.29. The number of hydrogen-bond acceptors (Lipinski definition) is 2. The van der Waals surface area contributed by atoms with Gasteiger partial charge in [-0.25, -0.2) is 0 Å². The van der Waals surface area contributed by atoms with Gasteiger partial charge in [-0.15, -0.1) is 0 Å². The Morgan fingerprint density at radius 3 is 2.50 bits per heavy atom. The molecule has 100 valence electrons. The van der Waals surface area contributed by atoms with E-state index in [0.29, 0.717) is 12.1 Å². The molecule has 1 aliphatic rings. The smallest absolute Gasteiger partial charge is 0.0406 e. The van der Waals surface area contributed by atoms with Crippen LogP contribution in [0.4, 0.5) is 0 Å². The van der Waals surface area contributed by atoms with Crippen molar-refractivity contribution < 1.29 is 4.21 Å². The highest BCUT2D eigenvalue weighted by atomic mass is 35.5. The lowest BCUT2D eigenvalue weighted by atomic mass is 10.0. The Hall–Kier alpha value is -0.380. The van der Waals surface area contributed by atoms with E-state index in [0.717, 1.165) is 35.8 Å². The zero-order valence-electron chi connectivity index (χ0n) is 10.7. The van der Waals surface area contributed by atoms with Gasteiger partial charge in [0.05, 0.1) is 0 Å². The van der Waals surface area contributed by atoms with Crippen LogP contribution >= 0.6 is 11.6 Å². The molecule has 1 heterocycles. The molecule has 1 atom stereocenters. The molecule has 0 saturated carbocycles. The second-order valence-electron chi connectivity index (χ2n) is 4.80. The molecule has 1 aromatic carbocycles. The van der Waals surface area contributed by atoms with Crippen molar-refractivity contribution in [3.8, 4) is 0 Å². The minimum absolute atomic E-state index is 0.374. The first kappa shape index (κ1) is 14.0. The predicted molar refractivity (Wildman–Crippen MR) is 78.5 cm³/mol. The summed E-state index contributed by atoms with van der Waals surface area (Å²) < 4.78 is 11.3. The Bertz CT molecular complexity index is 397. The molecule has 1 N–H and O–H groups in total. The van der Waals surface area contributed by atoms with Crippen molar-refractivity contribution >= 4 is 22.4 Å². The van der Waals surface area contributed by atoms with E-state index < -0.39 is 10.8 Å². The average molecular weight is 286 g/mol. The van der Waals surface area contributed by atoms with Crippen molar-refractivity contribution in [2.24, 2.45) is 0 Å². The number of halogens is 1. The Kier molecular flexibility index (Phi) is 5.22. The second-order valence-corrected chi connectivity index (χ2v) is 6.93. The monoisotopic (exact) mass is 285 g/mol. The maximum atomic E-state index is 11.3. The van der Waals surface area contributed by atoms with Gasteiger partial charge in [-0.2, -0.15) is 0 Å². The molecule has 1 aromatic rings. The molecule has 2 nitrogen and oxygen atoms in total. The zero-order chi connectivity index (χ0) is 13.0. The third kappa shape index (κ3) is 3.81. The normalized spacial score (nSPS) is 25.9. The van der Waals surface area contributed by atoms with Crippen LogP contribution in [0.1, 0.15) is 37.8 Å². The summed E-state index contributed by atoms with van der Waals surface area (Å²) in [5, 5.41) is 4.46. The molecular formula is C14H20ClNOS. The summed E-state index contributed by atoms with van der Waals surface area (Å²) in [6, 6.07) is 8.94. The van der Waals surface area contributed by atoms with Crippen molar-refractivity contribution in [1.82, 2.24) is 5.32 Å². The van der Waals surface area contributed by atoms with Crippen LogP contribution in [0.25, 0.3) is 0 Å². The fourth-order valence-electron chi connectivity index (χ4n) is 2.39. The van der Waals surface area contributed by atoms with Crippen LogP contribution in [-0.2, 0) is 10.8 Å². The average Bonchev–Trinajstić information content (AvgIpc) is 2.39. The molecule has 2 rings (SSSR count). The minimum atomic E-state index is -0.583. The van der Waals surface area contributed by atoms with Crippen LogP contribution in [0, 0.1) is 0 Å². The van der Waals surface area contributed by atoms with Gasteiger partial charge in [0.25, 0.3) is 0 Å². The van der Waals surface area contributed by atoms with E-state index in [4.69, 9.17) is 11.6 Å². The van der Waals surface area contributed by atoms with E-state index in [1.165, 1.54) is 5.56 Å². The quantitative estimate of drug-likeness (QED) is 0.920. The Labute approximate surface area is 117 Å². The topological polar surface area (TPSA) is 29.1 Å². The van der Waals surface area contributed by atoms with Gasteiger partial charge in [-0.05, 0) is 37.0 Å². The van der Waals surface area contributed by atoms with E-state index in [9.17, 15) is 4.21 Å². The minimum Gasteiger partial charge on any atom is -0.307 e. The molecular weight excluding hydrogens is 266 g/mol. The van der Waals surface area contributed by atoms with Crippen molar-refractivity contribution in [3.05, 3.63) is 34.9 Å². The van der Waals surface area contributed by atoms with E-state index >= 15 is 0 Å². The molecule has 0 spiro atoms. The highest BCUT2D eigenvalue weighted by Crippen LogP contribution is 2.22. The van der Waals surface area contributed by atoms with Crippen LogP contribution in [0.5, 0.6) is 0 Å². The molecule has 0 radical (unpaired) electrons. The van der Waals surface area contributed by atoms with Crippen LogP contribution in [0.2, 0.25) is 5.02 Å². The number of nitrogens with one attached hydrogen (secondary N) is 1. The molecule has 1 saturated heterocycles. The van der Waals surface area contributed by atoms with Gasteiger partial charge in [0.1, 0.15) is 0 Å². The van der Waals surface area contributed by atoms with Gasteiger partial charge >= 0.3 is 0 Å². The molecule has 1 fully saturated rings. The van der Waals surface area contributed by atoms with Gasteiger partial charge < -0.3 is 5.32 Å². The Morgan fingerprint density at radius 2 is 1.94 bits per heavy atom. The van der Waals surface area contributed by atoms with Crippen molar-refractivity contribution in [1.29, 1.82) is 0 Å². The molecule has 0 aliphatic carbocycles. The van der Waals surface area contributed by atoms with Crippen LogP contribution in [-0.4, -0.2) is 21.8 Å². The zero-order valence-corrected chi connectivity index (χ0v) is 12.3. The largest absolute Gasteiger partial charge is 0.307 e. The van der Waals surface area contributed by atoms with Crippen molar-refractivity contribution in [3.63, 3.8) is 0 Å². The molecule has 1 aliphatic heterocycles. The highest BCUT2D eigenvalue weighted by molar-refractivity contribution is 7.85. The third-order valence-electron chi connectivity index (χ3n) is 3.51. The molecule has 0 amide bonds. The standard InChI is InChI=1S/C14H20ClNOS/c1-2-14(11-3-5-12(15)6-4-11)16-13-7-9-18(17)10-8-13/h3-6,13-14,16H,2,7-10H2,1H3. The van der Waals surface area contributed by atoms with Gasteiger partial charge in [-0.3, -0.25) is 4.21 Å². The summed E-state index contributed by atoms with van der Waals surface area (Å²) >= 11 is 5.91. The van der Waals surface area contributed by atoms with E-state index in [1.54, 1.807) is 0 Å². The lowest BCUT2D eigenvalue weighted by molar-refractivity contribution is 0.403. The summed E-state index contributed by atoms with van der Waals surface area (Å²) in [5.41, 5.74) is 1.29. The summed E-state index contributed by atoms with van der Waals surface area (Å²) in [5.74, 6) is 1.68. The Morgan fingerprint density at radius 1 is 1.33 bits per heavy atom. The van der Waals surface area contributed by atoms with Crippen molar-refractivity contribution in [2.75, 3.05) is 11.5 Å². The molecule has 4 heteroatoms. The van der Waals surface area contributed by atoms with Gasteiger partial charge in [0.15, 0.2) is 0 Å². The first-order valence-corrected chi connectivity index (χ1v) is 8.42. The lowest BCUT2D eigenvalue weighted by Gasteiger charge is -2.28. The first-order chi connectivity index (χ1) is 8.69. The number of benzene rings is 1. The fourth-order valence-corrected chi connectivity index (χ4v) is 3.81. The van der Waals surface area contributed by atoms with Gasteiger partial charge in [0, 0.05) is 39.4 Å². The van der Waals surface area contributed by atoms with Crippen LogP contribution in [0.15, 0.2) is 24.3 Å². The fraction of sp³-hybridized carbons (Fsp3) is 0.571. The molecule has 0 bridgehead atoms. The maximum absolute atomic E-state index is 11.3. The summed E-state index contributed by atoms with van der Waals surface area (Å²) in [7, 11) is -0.583. The van der Waals surface area contributed by atoms with E-state index in [2.05, 4.69) is 24.4 Å². The molecule has 0 aromatic heterocycles. The van der Waals surface area contributed by atoms with Gasteiger partial charge in [-0.1, -0.05) is 30.7 Å². The summed E-state index contributed by atoms with van der Waals surface area (Å²) in [6.45, 7) is 2.19. The second kappa shape index (κ2) is 6.69. The number of hydrogen-bond donors (Lipinski definition) is 1. The van der Waals surface area contributed by atoms with Crippen molar-refractivity contribution in [2.45, 2.75) is 38.3 Å². The first-order valence-electron chi connectivity index (χ1n) is 6.55. The summed E-state index contributed by atoms with van der Waals surface area (Å²) in [6.07, 6.45) is 3.11.